The number of piperazine rings is 1. The van der Waals surface area contributed by atoms with E-state index in [0.29, 0.717) is 17.5 Å². The normalized spacial score (nSPS) is 24.7. The summed E-state index contributed by atoms with van der Waals surface area (Å²) in [5.41, 5.74) is 1.54. The Kier molecular flexibility index (Phi) is 5.94. The number of aromatic nitrogens is 2. The smallest absolute Gasteiger partial charge is 0.257 e. The van der Waals surface area contributed by atoms with Gasteiger partial charge in [0, 0.05) is 58.1 Å². The van der Waals surface area contributed by atoms with Crippen molar-refractivity contribution in [3.63, 3.8) is 0 Å². The molecule has 1 N–H and O–H groups in total. The standard InChI is InChI=1S/C21H31N5O2/c1-23-10-12-24(13-11-23)19-7-9-25(16-17(19)5-4-14-27)21(28)18-15-22-26-8-3-2-6-20(18)26/h2-3,6,8,15,17,19,27H,4-5,7,9-14,16H2,1H3. The molecule has 2 fully saturated rings. The number of hydrogen-bond donors (Lipinski definition) is 1. The molecule has 2 atom stereocenters. The third kappa shape index (κ3) is 3.92. The third-order valence-electron chi connectivity index (χ3n) is 6.38. The second kappa shape index (κ2) is 8.59. The number of aliphatic hydroxyl groups is 1. The van der Waals surface area contributed by atoms with Gasteiger partial charge in [0.25, 0.3) is 5.91 Å². The van der Waals surface area contributed by atoms with Crippen LogP contribution in [0.3, 0.4) is 0 Å². The number of fused-ring (bicyclic) bond motifs is 1. The van der Waals surface area contributed by atoms with Crippen LogP contribution in [0.15, 0.2) is 30.6 Å². The first-order valence-corrected chi connectivity index (χ1v) is 10.4. The molecule has 4 rings (SSSR count). The molecule has 2 aromatic heterocycles. The Hall–Kier alpha value is -1.96. The highest BCUT2D eigenvalue weighted by Crippen LogP contribution is 2.28. The highest BCUT2D eigenvalue weighted by Gasteiger charge is 2.36. The highest BCUT2D eigenvalue weighted by atomic mass is 16.3. The molecular formula is C21H31N5O2. The Morgan fingerprint density at radius 3 is 2.82 bits per heavy atom. The first-order chi connectivity index (χ1) is 13.7. The van der Waals surface area contributed by atoms with E-state index < -0.39 is 0 Å². The van der Waals surface area contributed by atoms with Crippen molar-refractivity contribution < 1.29 is 9.90 Å². The third-order valence-corrected chi connectivity index (χ3v) is 6.38. The molecule has 7 nitrogen and oxygen atoms in total. The summed E-state index contributed by atoms with van der Waals surface area (Å²) >= 11 is 0. The van der Waals surface area contributed by atoms with Crippen LogP contribution in [0, 0.1) is 5.92 Å². The second-order valence-electron chi connectivity index (χ2n) is 8.16. The molecule has 2 aromatic rings. The lowest BCUT2D eigenvalue weighted by molar-refractivity contribution is 0.0218. The number of likely N-dealkylation sites (tertiary alicyclic amines) is 1. The fourth-order valence-corrected chi connectivity index (χ4v) is 4.75. The van der Waals surface area contributed by atoms with E-state index in [1.165, 1.54) is 0 Å². The number of likely N-dealkylation sites (N-methyl/N-ethyl adjacent to an activating group) is 1. The first kappa shape index (κ1) is 19.4. The SMILES string of the molecule is CN1CCN(C2CCN(C(=O)c3cnn4ccccc34)CC2CCCO)CC1. The van der Waals surface area contributed by atoms with Gasteiger partial charge >= 0.3 is 0 Å². The number of carbonyl (C=O) groups is 1. The van der Waals surface area contributed by atoms with Crippen LogP contribution in [0.1, 0.15) is 29.6 Å². The van der Waals surface area contributed by atoms with Gasteiger partial charge in [0.1, 0.15) is 0 Å². The van der Waals surface area contributed by atoms with Crippen molar-refractivity contribution in [2.75, 3.05) is 52.9 Å². The first-order valence-electron chi connectivity index (χ1n) is 10.4. The Balaban J connectivity index is 1.48. The summed E-state index contributed by atoms with van der Waals surface area (Å²) in [5, 5.41) is 13.7. The number of amides is 1. The minimum absolute atomic E-state index is 0.0759. The molecule has 2 aliphatic heterocycles. The van der Waals surface area contributed by atoms with Gasteiger partial charge in [0.15, 0.2) is 0 Å². The number of rotatable bonds is 5. The fraction of sp³-hybridized carbons (Fsp3) is 0.619. The Morgan fingerprint density at radius 1 is 1.21 bits per heavy atom. The largest absolute Gasteiger partial charge is 0.396 e. The van der Waals surface area contributed by atoms with Crippen LogP contribution < -0.4 is 0 Å². The lowest BCUT2D eigenvalue weighted by Gasteiger charge is -2.46. The summed E-state index contributed by atoms with van der Waals surface area (Å²) in [4.78, 5) is 20.2. The predicted octanol–water partition coefficient (Wildman–Crippen LogP) is 1.18. The molecule has 2 aliphatic rings. The summed E-state index contributed by atoms with van der Waals surface area (Å²) in [6, 6.07) is 6.31. The van der Waals surface area contributed by atoms with Crippen molar-refractivity contribution >= 4 is 11.4 Å². The van der Waals surface area contributed by atoms with Gasteiger partial charge in [0.05, 0.1) is 17.3 Å². The van der Waals surface area contributed by atoms with Crippen molar-refractivity contribution in [1.82, 2.24) is 24.3 Å². The maximum Gasteiger partial charge on any atom is 0.257 e. The average molecular weight is 386 g/mol. The minimum atomic E-state index is 0.0759. The number of hydrogen-bond acceptors (Lipinski definition) is 5. The van der Waals surface area contributed by atoms with E-state index >= 15 is 0 Å². The molecule has 2 saturated heterocycles. The molecule has 7 heteroatoms. The summed E-state index contributed by atoms with van der Waals surface area (Å²) in [7, 11) is 2.18. The van der Waals surface area contributed by atoms with Crippen LogP contribution in [-0.2, 0) is 0 Å². The lowest BCUT2D eigenvalue weighted by atomic mass is 9.86. The summed E-state index contributed by atoms with van der Waals surface area (Å²) in [5.74, 6) is 0.488. The van der Waals surface area contributed by atoms with Crippen molar-refractivity contribution in [2.24, 2.45) is 5.92 Å². The van der Waals surface area contributed by atoms with E-state index in [4.69, 9.17) is 0 Å². The zero-order valence-corrected chi connectivity index (χ0v) is 16.7. The highest BCUT2D eigenvalue weighted by molar-refractivity contribution is 6.00. The van der Waals surface area contributed by atoms with Crippen LogP contribution in [0.5, 0.6) is 0 Å². The van der Waals surface area contributed by atoms with Gasteiger partial charge in [-0.2, -0.15) is 5.10 Å². The quantitative estimate of drug-likeness (QED) is 0.838. The van der Waals surface area contributed by atoms with Crippen LogP contribution in [0.2, 0.25) is 0 Å². The van der Waals surface area contributed by atoms with E-state index in [-0.39, 0.29) is 12.5 Å². The fourth-order valence-electron chi connectivity index (χ4n) is 4.75. The molecule has 152 valence electrons. The van der Waals surface area contributed by atoms with E-state index in [9.17, 15) is 9.90 Å². The van der Waals surface area contributed by atoms with Gasteiger partial charge < -0.3 is 14.9 Å². The molecule has 0 aromatic carbocycles. The molecular weight excluding hydrogens is 354 g/mol. The maximum atomic E-state index is 13.2. The van der Waals surface area contributed by atoms with Gasteiger partial charge in [0.2, 0.25) is 0 Å². The molecule has 28 heavy (non-hydrogen) atoms. The van der Waals surface area contributed by atoms with E-state index in [1.54, 1.807) is 10.7 Å². The average Bonchev–Trinajstić information content (AvgIpc) is 3.16. The molecule has 0 bridgehead atoms. The van der Waals surface area contributed by atoms with Crippen LogP contribution >= 0.6 is 0 Å². The van der Waals surface area contributed by atoms with Crippen LogP contribution in [-0.4, -0.2) is 94.3 Å². The van der Waals surface area contributed by atoms with E-state index in [0.717, 1.165) is 64.0 Å². The van der Waals surface area contributed by atoms with Gasteiger partial charge in [-0.1, -0.05) is 6.07 Å². The summed E-state index contributed by atoms with van der Waals surface area (Å²) in [6.45, 7) is 6.17. The summed E-state index contributed by atoms with van der Waals surface area (Å²) < 4.78 is 1.76. The van der Waals surface area contributed by atoms with Crippen LogP contribution in [0.4, 0.5) is 0 Å². The second-order valence-corrected chi connectivity index (χ2v) is 8.16. The van der Waals surface area contributed by atoms with Crippen molar-refractivity contribution in [1.29, 1.82) is 0 Å². The zero-order chi connectivity index (χ0) is 19.5. The van der Waals surface area contributed by atoms with Crippen molar-refractivity contribution in [2.45, 2.75) is 25.3 Å². The number of carbonyl (C=O) groups excluding carboxylic acids is 1. The van der Waals surface area contributed by atoms with Gasteiger partial charge in [-0.3, -0.25) is 9.69 Å². The van der Waals surface area contributed by atoms with E-state index in [2.05, 4.69) is 21.9 Å². The number of piperidine rings is 1. The van der Waals surface area contributed by atoms with Gasteiger partial charge in [-0.25, -0.2) is 4.52 Å². The molecule has 2 unspecified atom stereocenters. The van der Waals surface area contributed by atoms with Gasteiger partial charge in [-0.15, -0.1) is 0 Å². The topological polar surface area (TPSA) is 64.3 Å². The van der Waals surface area contributed by atoms with Crippen molar-refractivity contribution in [3.05, 3.63) is 36.2 Å². The predicted molar refractivity (Wildman–Crippen MR) is 108 cm³/mol. The Labute approximate surface area is 166 Å². The van der Waals surface area contributed by atoms with Crippen LogP contribution in [0.25, 0.3) is 5.52 Å². The number of pyridine rings is 1. The molecule has 0 saturated carbocycles. The molecule has 4 heterocycles. The summed E-state index contributed by atoms with van der Waals surface area (Å²) in [6.07, 6.45) is 6.33. The molecule has 0 spiro atoms. The lowest BCUT2D eigenvalue weighted by Crippen LogP contribution is -2.56. The Morgan fingerprint density at radius 2 is 2.04 bits per heavy atom. The van der Waals surface area contributed by atoms with E-state index in [1.807, 2.05) is 29.3 Å². The number of nitrogens with zero attached hydrogens (tertiary/aromatic N) is 5. The monoisotopic (exact) mass is 385 g/mol. The van der Waals surface area contributed by atoms with Gasteiger partial charge in [-0.05, 0) is 44.4 Å². The Bertz CT molecular complexity index is 799. The zero-order valence-electron chi connectivity index (χ0n) is 16.7. The molecule has 0 aliphatic carbocycles. The molecule has 1 amide bonds. The number of aliphatic hydroxyl groups excluding tert-OH is 1. The molecule has 0 radical (unpaired) electrons. The maximum absolute atomic E-state index is 13.2. The minimum Gasteiger partial charge on any atom is -0.396 e. The van der Waals surface area contributed by atoms with Crippen molar-refractivity contribution in [3.8, 4) is 0 Å².